The Labute approximate surface area is 116 Å². The van der Waals surface area contributed by atoms with Gasteiger partial charge in [0.15, 0.2) is 0 Å². The van der Waals surface area contributed by atoms with E-state index in [2.05, 4.69) is 25.7 Å². The average molecular weight is 250 g/mol. The Bertz CT molecular complexity index is 178. The first-order valence-electron chi connectivity index (χ1n) is 8.17. The largest absolute Gasteiger partial charge is 0.103 e. The zero-order valence-corrected chi connectivity index (χ0v) is 12.6. The molecule has 0 heteroatoms. The molecule has 0 amide bonds. The maximum Gasteiger partial charge on any atom is -0.0351 e. The van der Waals surface area contributed by atoms with Crippen LogP contribution in [0.25, 0.3) is 0 Å². The Morgan fingerprint density at radius 3 is 1.61 bits per heavy atom. The summed E-state index contributed by atoms with van der Waals surface area (Å²) in [7, 11) is 0. The van der Waals surface area contributed by atoms with Crippen LogP contribution in [0.1, 0.15) is 90.4 Å². The van der Waals surface area contributed by atoms with E-state index in [1.807, 2.05) is 6.08 Å². The molecular weight excluding hydrogens is 216 g/mol. The van der Waals surface area contributed by atoms with E-state index < -0.39 is 0 Å². The highest BCUT2D eigenvalue weighted by Gasteiger charge is 1.89. The molecule has 0 aliphatic heterocycles. The fourth-order valence-electron chi connectivity index (χ4n) is 2.18. The second kappa shape index (κ2) is 16.5. The van der Waals surface area contributed by atoms with Gasteiger partial charge in [-0.25, -0.2) is 0 Å². The maximum absolute atomic E-state index is 3.75. The Kier molecular flexibility index (Phi) is 16.0. The molecule has 0 unspecified atom stereocenters. The predicted molar refractivity (Wildman–Crippen MR) is 85.0 cm³/mol. The molecule has 0 nitrogen and oxygen atoms in total. The summed E-state index contributed by atoms with van der Waals surface area (Å²) in [5, 5.41) is 0. The van der Waals surface area contributed by atoms with Crippen LogP contribution in [0.5, 0.6) is 0 Å². The molecule has 0 saturated heterocycles. The fourth-order valence-corrected chi connectivity index (χ4v) is 2.18. The summed E-state index contributed by atoms with van der Waals surface area (Å²) in [6.07, 6.45) is 24.5. The van der Waals surface area contributed by atoms with Gasteiger partial charge in [0, 0.05) is 0 Å². The lowest BCUT2D eigenvalue weighted by atomic mass is 10.1. The van der Waals surface area contributed by atoms with Gasteiger partial charge >= 0.3 is 0 Å². The minimum absolute atomic E-state index is 1.18. The van der Waals surface area contributed by atoms with E-state index in [9.17, 15) is 0 Å². The third-order valence-electron chi connectivity index (χ3n) is 3.42. The van der Waals surface area contributed by atoms with Crippen LogP contribution in [0.2, 0.25) is 0 Å². The van der Waals surface area contributed by atoms with Crippen molar-refractivity contribution in [2.75, 3.05) is 0 Å². The highest BCUT2D eigenvalue weighted by atomic mass is 14.0. The molecule has 0 fully saturated rings. The van der Waals surface area contributed by atoms with E-state index in [0.29, 0.717) is 0 Å². The van der Waals surface area contributed by atoms with E-state index in [-0.39, 0.29) is 0 Å². The number of rotatable bonds is 14. The van der Waals surface area contributed by atoms with E-state index >= 15 is 0 Å². The van der Waals surface area contributed by atoms with Crippen LogP contribution in [0.4, 0.5) is 0 Å². The minimum atomic E-state index is 1.18. The van der Waals surface area contributed by atoms with Gasteiger partial charge in [0.05, 0.1) is 0 Å². The van der Waals surface area contributed by atoms with Gasteiger partial charge < -0.3 is 0 Å². The Morgan fingerprint density at radius 2 is 1.06 bits per heavy atom. The van der Waals surface area contributed by atoms with Crippen molar-refractivity contribution in [1.29, 1.82) is 0 Å². The molecule has 0 atom stereocenters. The molecule has 0 aromatic rings. The van der Waals surface area contributed by atoms with Gasteiger partial charge in [0.2, 0.25) is 0 Å². The van der Waals surface area contributed by atoms with Crippen molar-refractivity contribution in [1.82, 2.24) is 0 Å². The van der Waals surface area contributed by atoms with Crippen LogP contribution in [-0.4, -0.2) is 0 Å². The zero-order valence-electron chi connectivity index (χ0n) is 12.6. The second-order valence-corrected chi connectivity index (χ2v) is 5.31. The first-order valence-corrected chi connectivity index (χ1v) is 8.17. The summed E-state index contributed by atoms with van der Waals surface area (Å²) in [5.74, 6) is 0. The molecule has 0 aromatic heterocycles. The zero-order chi connectivity index (χ0) is 13.3. The topological polar surface area (TPSA) is 0 Å². The van der Waals surface area contributed by atoms with Crippen LogP contribution < -0.4 is 0 Å². The second-order valence-electron chi connectivity index (χ2n) is 5.31. The predicted octanol–water partition coefficient (Wildman–Crippen LogP) is 6.82. The number of hydrogen-bond acceptors (Lipinski definition) is 0. The molecule has 0 N–H and O–H groups in total. The van der Waals surface area contributed by atoms with Crippen molar-refractivity contribution in [3.05, 3.63) is 24.8 Å². The van der Waals surface area contributed by atoms with E-state index in [1.54, 1.807) is 0 Å². The Morgan fingerprint density at radius 1 is 0.611 bits per heavy atom. The summed E-state index contributed by atoms with van der Waals surface area (Å²) in [5.41, 5.74) is 0. The fraction of sp³-hybridized carbons (Fsp3) is 0.778. The summed E-state index contributed by atoms with van der Waals surface area (Å²) in [6, 6.07) is 0. The van der Waals surface area contributed by atoms with Crippen LogP contribution in [0, 0.1) is 0 Å². The molecule has 0 bridgehead atoms. The average Bonchev–Trinajstić information content (AvgIpc) is 2.39. The van der Waals surface area contributed by atoms with Crippen molar-refractivity contribution in [2.45, 2.75) is 90.4 Å². The lowest BCUT2D eigenvalue weighted by Crippen LogP contribution is -1.79. The highest BCUT2D eigenvalue weighted by Crippen LogP contribution is 2.09. The molecule has 0 radical (unpaired) electrons. The minimum Gasteiger partial charge on any atom is -0.103 e. The van der Waals surface area contributed by atoms with Crippen molar-refractivity contribution in [3.63, 3.8) is 0 Å². The van der Waals surface area contributed by atoms with Gasteiger partial charge in [-0.05, 0) is 38.5 Å². The van der Waals surface area contributed by atoms with Gasteiger partial charge in [0.25, 0.3) is 0 Å². The standard InChI is InChI=1S/C18H34/c1-3-5-7-9-11-13-15-17-18-16-14-12-10-8-6-4-2/h3,15,17H,1,4-14,16,18H2,2H3. The van der Waals surface area contributed by atoms with Crippen molar-refractivity contribution >= 4 is 0 Å². The first kappa shape index (κ1) is 17.5. The molecule has 18 heavy (non-hydrogen) atoms. The molecular formula is C18H34. The van der Waals surface area contributed by atoms with E-state index in [1.165, 1.54) is 83.5 Å². The third kappa shape index (κ3) is 15.5. The lowest BCUT2D eigenvalue weighted by Gasteiger charge is -1.99. The van der Waals surface area contributed by atoms with Crippen LogP contribution in [0.3, 0.4) is 0 Å². The van der Waals surface area contributed by atoms with E-state index in [0.717, 1.165) is 0 Å². The normalized spacial score (nSPS) is 11.2. The number of unbranched alkanes of at least 4 members (excludes halogenated alkanes) is 11. The number of hydrogen-bond donors (Lipinski definition) is 0. The maximum atomic E-state index is 3.75. The molecule has 0 saturated carbocycles. The van der Waals surface area contributed by atoms with E-state index in [4.69, 9.17) is 0 Å². The van der Waals surface area contributed by atoms with Crippen molar-refractivity contribution in [3.8, 4) is 0 Å². The summed E-state index contributed by atoms with van der Waals surface area (Å²) in [6.45, 7) is 6.03. The van der Waals surface area contributed by atoms with Crippen LogP contribution in [0.15, 0.2) is 24.8 Å². The molecule has 0 aliphatic carbocycles. The molecule has 0 aromatic carbocycles. The molecule has 0 spiro atoms. The number of allylic oxidation sites excluding steroid dienone is 3. The first-order chi connectivity index (χ1) is 8.91. The van der Waals surface area contributed by atoms with Gasteiger partial charge in [-0.3, -0.25) is 0 Å². The summed E-state index contributed by atoms with van der Waals surface area (Å²) >= 11 is 0. The molecule has 0 aliphatic rings. The SMILES string of the molecule is C=CCCCCCC=CCCCCCCCCC. The molecule has 0 heterocycles. The van der Waals surface area contributed by atoms with Crippen molar-refractivity contribution < 1.29 is 0 Å². The molecule has 106 valence electrons. The van der Waals surface area contributed by atoms with Gasteiger partial charge in [0.1, 0.15) is 0 Å². The van der Waals surface area contributed by atoms with Gasteiger partial charge in [-0.15, -0.1) is 6.58 Å². The quantitative estimate of drug-likeness (QED) is 0.234. The summed E-state index contributed by atoms with van der Waals surface area (Å²) < 4.78 is 0. The molecule has 0 rings (SSSR count). The Balaban J connectivity index is 3.02. The third-order valence-corrected chi connectivity index (χ3v) is 3.42. The lowest BCUT2D eigenvalue weighted by molar-refractivity contribution is 0.592. The van der Waals surface area contributed by atoms with Crippen LogP contribution in [-0.2, 0) is 0 Å². The smallest absolute Gasteiger partial charge is 0.0351 e. The van der Waals surface area contributed by atoms with Gasteiger partial charge in [-0.2, -0.15) is 0 Å². The summed E-state index contributed by atoms with van der Waals surface area (Å²) in [4.78, 5) is 0. The monoisotopic (exact) mass is 250 g/mol. The van der Waals surface area contributed by atoms with Gasteiger partial charge in [-0.1, -0.05) is 70.1 Å². The highest BCUT2D eigenvalue weighted by molar-refractivity contribution is 4.81. The van der Waals surface area contributed by atoms with Crippen molar-refractivity contribution in [2.24, 2.45) is 0 Å². The Hall–Kier alpha value is -0.520. The van der Waals surface area contributed by atoms with Crippen LogP contribution >= 0.6 is 0 Å².